The quantitative estimate of drug-likeness (QED) is 0.395. The average molecular weight is 504 g/mol. The summed E-state index contributed by atoms with van der Waals surface area (Å²) < 4.78 is 19.3. The lowest BCUT2D eigenvalue weighted by atomic mass is 10.1. The van der Waals surface area contributed by atoms with Crippen LogP contribution in [-0.2, 0) is 0 Å². The number of rotatable bonds is 7. The smallest absolute Gasteiger partial charge is 0.206 e. The molecule has 1 aromatic heterocycles. The van der Waals surface area contributed by atoms with Crippen LogP contribution in [0.5, 0.6) is 17.2 Å². The lowest BCUT2D eigenvalue weighted by molar-refractivity contribution is 0.324. The van der Waals surface area contributed by atoms with Gasteiger partial charge in [0.05, 0.1) is 32.7 Å². The molecule has 0 amide bonds. The van der Waals surface area contributed by atoms with Crippen molar-refractivity contribution in [3.05, 3.63) is 56.6 Å². The van der Waals surface area contributed by atoms with Crippen LogP contribution < -0.4 is 19.0 Å². The number of thiazole rings is 1. The lowest BCUT2D eigenvalue weighted by Crippen LogP contribution is -2.16. The van der Waals surface area contributed by atoms with Crippen LogP contribution in [0.3, 0.4) is 0 Å². The monoisotopic (exact) mass is 503 g/mol. The largest absolute Gasteiger partial charge is 0.493 e. The maximum Gasteiger partial charge on any atom is 0.206 e. The zero-order valence-electron chi connectivity index (χ0n) is 18.5. The summed E-state index contributed by atoms with van der Waals surface area (Å²) in [5.41, 5.74) is 3.68. The Kier molecular flexibility index (Phi) is 7.56. The Hall–Kier alpha value is -2.58. The molecule has 0 atom stereocenters. The van der Waals surface area contributed by atoms with Crippen molar-refractivity contribution in [3.8, 4) is 28.5 Å². The fourth-order valence-electron chi connectivity index (χ4n) is 3.05. The van der Waals surface area contributed by atoms with Crippen LogP contribution in [0.2, 0.25) is 0 Å². The minimum absolute atomic E-state index is 0.150. The first kappa shape index (κ1) is 23.1. The highest BCUT2D eigenvalue weighted by atomic mass is 79.9. The second kappa shape index (κ2) is 10.2. The molecular weight excluding hydrogens is 478 g/mol. The minimum atomic E-state index is 0.150. The molecule has 0 aliphatic carbocycles. The number of hydrogen-bond acceptors (Lipinski definition) is 6. The van der Waals surface area contributed by atoms with Gasteiger partial charge in [-0.15, -0.1) is 11.3 Å². The molecule has 0 saturated heterocycles. The molecule has 1 heterocycles. The molecule has 164 valence electrons. The van der Waals surface area contributed by atoms with Crippen molar-refractivity contribution in [2.45, 2.75) is 26.8 Å². The summed E-state index contributed by atoms with van der Waals surface area (Å²) in [6, 6.07) is 12.1. The molecule has 0 bridgehead atoms. The molecule has 8 heteroatoms. The van der Waals surface area contributed by atoms with Gasteiger partial charge in [-0.2, -0.15) is 5.10 Å². The zero-order valence-corrected chi connectivity index (χ0v) is 20.9. The average Bonchev–Trinajstić information content (AvgIpc) is 3.13. The molecule has 0 N–H and O–H groups in total. The van der Waals surface area contributed by atoms with Gasteiger partial charge in [-0.05, 0) is 45.0 Å². The summed E-state index contributed by atoms with van der Waals surface area (Å²) in [6.45, 7) is 6.06. The topological polar surface area (TPSA) is 57.3 Å². The molecule has 0 unspecified atom stereocenters. The molecule has 0 aliphatic rings. The van der Waals surface area contributed by atoms with Gasteiger partial charge in [0.25, 0.3) is 0 Å². The van der Waals surface area contributed by atoms with E-state index in [0.717, 1.165) is 31.8 Å². The maximum absolute atomic E-state index is 5.50. The third-order valence-corrected chi connectivity index (χ3v) is 5.83. The zero-order chi connectivity index (χ0) is 22.5. The van der Waals surface area contributed by atoms with E-state index in [1.54, 1.807) is 32.7 Å². The third-order valence-electron chi connectivity index (χ3n) is 4.51. The van der Waals surface area contributed by atoms with Gasteiger partial charge in [-0.1, -0.05) is 28.1 Å². The van der Waals surface area contributed by atoms with Crippen molar-refractivity contribution < 1.29 is 14.2 Å². The Bertz CT molecular complexity index is 1140. The van der Waals surface area contributed by atoms with Gasteiger partial charge in [0.2, 0.25) is 10.6 Å². The molecule has 0 aliphatic heterocycles. The Morgan fingerprint density at radius 3 is 2.26 bits per heavy atom. The second-order valence-electron chi connectivity index (χ2n) is 7.05. The Morgan fingerprint density at radius 1 is 1.03 bits per heavy atom. The van der Waals surface area contributed by atoms with Gasteiger partial charge in [-0.3, -0.25) is 4.99 Å². The van der Waals surface area contributed by atoms with Crippen molar-refractivity contribution in [1.29, 1.82) is 0 Å². The van der Waals surface area contributed by atoms with Crippen molar-refractivity contribution in [3.63, 3.8) is 0 Å². The Morgan fingerprint density at radius 2 is 1.71 bits per heavy atom. The molecule has 6 nitrogen and oxygen atoms in total. The maximum atomic E-state index is 5.50. The molecule has 0 fully saturated rings. The molecule has 0 radical (unpaired) electrons. The Labute approximate surface area is 195 Å². The van der Waals surface area contributed by atoms with E-state index in [1.165, 1.54) is 0 Å². The van der Waals surface area contributed by atoms with E-state index in [0.29, 0.717) is 17.2 Å². The highest BCUT2D eigenvalue weighted by Crippen LogP contribution is 2.38. The number of benzene rings is 2. The van der Waals surface area contributed by atoms with Crippen LogP contribution in [-0.4, -0.2) is 37.8 Å². The van der Waals surface area contributed by atoms with E-state index >= 15 is 0 Å². The van der Waals surface area contributed by atoms with Crippen LogP contribution >= 0.6 is 27.3 Å². The third kappa shape index (κ3) is 5.19. The number of aromatic nitrogens is 1. The summed E-state index contributed by atoms with van der Waals surface area (Å²) in [7, 11) is 4.80. The molecular formula is C23H26BrN3O3S. The fourth-order valence-corrected chi connectivity index (χ4v) is 4.41. The number of methoxy groups -OCH3 is 3. The highest BCUT2D eigenvalue weighted by Gasteiger charge is 2.15. The van der Waals surface area contributed by atoms with Crippen LogP contribution in [0.25, 0.3) is 11.3 Å². The summed E-state index contributed by atoms with van der Waals surface area (Å²) in [6.07, 6.45) is 0. The second-order valence-corrected chi connectivity index (χ2v) is 8.80. The predicted molar refractivity (Wildman–Crippen MR) is 130 cm³/mol. The first-order valence-electron chi connectivity index (χ1n) is 9.74. The van der Waals surface area contributed by atoms with Crippen LogP contribution in [0.15, 0.2) is 56.3 Å². The molecule has 0 saturated carbocycles. The predicted octanol–water partition coefficient (Wildman–Crippen LogP) is 5.59. The number of nitrogens with zero attached hydrogens (tertiary/aromatic N) is 3. The van der Waals surface area contributed by atoms with Crippen LogP contribution in [0.4, 0.5) is 0 Å². The number of hydrogen-bond donors (Lipinski definition) is 0. The molecule has 2 aromatic carbocycles. The lowest BCUT2D eigenvalue weighted by Gasteiger charge is -2.14. The van der Waals surface area contributed by atoms with Crippen LogP contribution in [0, 0.1) is 0 Å². The first-order chi connectivity index (χ1) is 14.9. The van der Waals surface area contributed by atoms with E-state index in [2.05, 4.69) is 47.3 Å². The van der Waals surface area contributed by atoms with Crippen molar-refractivity contribution >= 4 is 33.0 Å². The minimum Gasteiger partial charge on any atom is -0.493 e. The standard InChI is InChI=1S/C23H26BrN3O3S/c1-14(2)25-23-27(19(13-31-23)16-8-7-9-18(24)10-16)26-15(3)17-11-20(28-4)22(30-6)21(12-17)29-5/h7-14H,1-6H3. The highest BCUT2D eigenvalue weighted by molar-refractivity contribution is 9.10. The van der Waals surface area contributed by atoms with E-state index in [1.807, 2.05) is 35.9 Å². The first-order valence-corrected chi connectivity index (χ1v) is 11.4. The molecule has 3 aromatic rings. The fraction of sp³-hybridized carbons (Fsp3) is 0.304. The van der Waals surface area contributed by atoms with E-state index in [4.69, 9.17) is 24.3 Å². The normalized spacial score (nSPS) is 12.4. The van der Waals surface area contributed by atoms with E-state index in [-0.39, 0.29) is 6.04 Å². The summed E-state index contributed by atoms with van der Waals surface area (Å²) >= 11 is 5.13. The van der Waals surface area contributed by atoms with Gasteiger partial charge < -0.3 is 14.2 Å². The Balaban J connectivity index is 2.20. The van der Waals surface area contributed by atoms with Crippen LogP contribution in [0.1, 0.15) is 26.3 Å². The summed E-state index contributed by atoms with van der Waals surface area (Å²) in [5.74, 6) is 1.72. The number of ether oxygens (including phenoxy) is 3. The molecule has 3 rings (SSSR count). The number of halogens is 1. The van der Waals surface area contributed by atoms with Gasteiger partial charge >= 0.3 is 0 Å². The van der Waals surface area contributed by atoms with E-state index < -0.39 is 0 Å². The van der Waals surface area contributed by atoms with Crippen molar-refractivity contribution in [2.24, 2.45) is 10.1 Å². The van der Waals surface area contributed by atoms with E-state index in [9.17, 15) is 0 Å². The SMILES string of the molecule is COc1cc(C(C)=Nn2c(-c3cccc(Br)c3)csc2=NC(C)C)cc(OC)c1OC. The molecule has 31 heavy (non-hydrogen) atoms. The van der Waals surface area contributed by atoms with Crippen molar-refractivity contribution in [2.75, 3.05) is 21.3 Å². The van der Waals surface area contributed by atoms with Gasteiger partial charge in [0.1, 0.15) is 0 Å². The van der Waals surface area contributed by atoms with Gasteiger partial charge in [-0.25, -0.2) is 4.68 Å². The summed E-state index contributed by atoms with van der Waals surface area (Å²) in [4.78, 5) is 5.59. The van der Waals surface area contributed by atoms with Gasteiger partial charge in [0, 0.05) is 27.0 Å². The van der Waals surface area contributed by atoms with Gasteiger partial charge in [0.15, 0.2) is 11.5 Å². The summed E-state index contributed by atoms with van der Waals surface area (Å²) in [5, 5.41) is 7.02. The molecule has 0 spiro atoms. The van der Waals surface area contributed by atoms with Crippen molar-refractivity contribution in [1.82, 2.24) is 4.68 Å².